The van der Waals surface area contributed by atoms with Crippen LogP contribution in [0.25, 0.3) is 0 Å². The summed E-state index contributed by atoms with van der Waals surface area (Å²) in [5, 5.41) is 0. The van der Waals surface area contributed by atoms with E-state index in [0.717, 1.165) is 25.2 Å². The van der Waals surface area contributed by atoms with E-state index in [0.29, 0.717) is 0 Å². The molecule has 1 fully saturated rings. The van der Waals surface area contributed by atoms with Crippen molar-refractivity contribution in [3.05, 3.63) is 6.04 Å². The van der Waals surface area contributed by atoms with Crippen molar-refractivity contribution in [2.75, 3.05) is 13.2 Å². The lowest BCUT2D eigenvalue weighted by Crippen LogP contribution is -2.46. The Labute approximate surface area is 102 Å². The average Bonchev–Trinajstić information content (AvgIpc) is 2.22. The van der Waals surface area contributed by atoms with E-state index < -0.39 is 8.56 Å². The third kappa shape index (κ3) is 4.19. The number of rotatable bonds is 9. The van der Waals surface area contributed by atoms with Crippen molar-refractivity contribution >= 4 is 8.56 Å². The summed E-state index contributed by atoms with van der Waals surface area (Å²) in [5.41, 5.74) is 0. The Kier molecular flexibility index (Phi) is 6.62. The van der Waals surface area contributed by atoms with Crippen LogP contribution >= 0.6 is 0 Å². The van der Waals surface area contributed by atoms with Crippen molar-refractivity contribution in [3.63, 3.8) is 0 Å². The molecule has 1 aliphatic carbocycles. The van der Waals surface area contributed by atoms with Gasteiger partial charge in [-0.25, -0.2) is 0 Å². The van der Waals surface area contributed by atoms with E-state index in [1.165, 1.54) is 32.1 Å². The molecule has 16 heavy (non-hydrogen) atoms. The molecular formula is C13H27O2Si. The quantitative estimate of drug-likeness (QED) is 0.573. The van der Waals surface area contributed by atoms with Gasteiger partial charge in [0.2, 0.25) is 0 Å². The lowest BCUT2D eigenvalue weighted by molar-refractivity contribution is 0.180. The van der Waals surface area contributed by atoms with E-state index in [4.69, 9.17) is 8.85 Å². The lowest BCUT2D eigenvalue weighted by atomic mass is 9.87. The third-order valence-electron chi connectivity index (χ3n) is 3.30. The predicted octanol–water partition coefficient (Wildman–Crippen LogP) is 3.85. The second kappa shape index (κ2) is 7.46. The molecule has 0 aromatic carbocycles. The van der Waals surface area contributed by atoms with E-state index in [-0.39, 0.29) is 0 Å². The SMILES string of the molecule is CCCC[Si]([CH]C1CCC1)(OCC)OCC. The third-order valence-corrected chi connectivity index (χ3v) is 6.88. The molecule has 1 aliphatic rings. The molecule has 0 N–H and O–H groups in total. The van der Waals surface area contributed by atoms with Crippen molar-refractivity contribution < 1.29 is 8.85 Å². The van der Waals surface area contributed by atoms with Crippen LogP contribution in [0, 0.1) is 12.0 Å². The highest BCUT2D eigenvalue weighted by molar-refractivity contribution is 6.71. The minimum absolute atomic E-state index is 0.779. The van der Waals surface area contributed by atoms with Gasteiger partial charge in [-0.3, -0.25) is 0 Å². The van der Waals surface area contributed by atoms with E-state index in [1.807, 2.05) is 0 Å². The van der Waals surface area contributed by atoms with Gasteiger partial charge in [-0.05, 0) is 25.8 Å². The zero-order chi connectivity index (χ0) is 11.9. The average molecular weight is 243 g/mol. The van der Waals surface area contributed by atoms with Crippen LogP contribution in [0.2, 0.25) is 6.04 Å². The van der Waals surface area contributed by atoms with Crippen molar-refractivity contribution in [3.8, 4) is 0 Å². The van der Waals surface area contributed by atoms with Gasteiger partial charge in [0.25, 0.3) is 0 Å². The fraction of sp³-hybridized carbons (Fsp3) is 0.923. The van der Waals surface area contributed by atoms with Crippen molar-refractivity contribution in [1.82, 2.24) is 0 Å². The van der Waals surface area contributed by atoms with Gasteiger partial charge in [-0.15, -0.1) is 0 Å². The summed E-state index contributed by atoms with van der Waals surface area (Å²) >= 11 is 0. The maximum Gasteiger partial charge on any atom is 0.341 e. The van der Waals surface area contributed by atoms with Gasteiger partial charge in [-0.2, -0.15) is 0 Å². The van der Waals surface area contributed by atoms with E-state index in [1.54, 1.807) is 0 Å². The first-order valence-corrected chi connectivity index (χ1v) is 9.00. The summed E-state index contributed by atoms with van der Waals surface area (Å²) < 4.78 is 12.1. The van der Waals surface area contributed by atoms with Crippen LogP contribution in [0.3, 0.4) is 0 Å². The number of hydrogen-bond donors (Lipinski definition) is 0. The van der Waals surface area contributed by atoms with Gasteiger partial charge in [0, 0.05) is 19.3 Å². The molecule has 0 unspecified atom stereocenters. The molecule has 3 heteroatoms. The molecule has 0 aromatic rings. The molecule has 1 radical (unpaired) electrons. The zero-order valence-corrected chi connectivity index (χ0v) is 12.1. The standard InChI is InChI=1S/C13H27O2Si/c1-4-7-11-16(14-5-2,15-6-3)12-13-9-8-10-13/h12-13H,4-11H2,1-3H3. The topological polar surface area (TPSA) is 18.5 Å². The van der Waals surface area contributed by atoms with Gasteiger partial charge in [0.05, 0.1) is 0 Å². The molecule has 2 nitrogen and oxygen atoms in total. The maximum atomic E-state index is 6.04. The van der Waals surface area contributed by atoms with Crippen LogP contribution in [0.15, 0.2) is 0 Å². The predicted molar refractivity (Wildman–Crippen MR) is 70.4 cm³/mol. The molecule has 0 atom stereocenters. The fourth-order valence-corrected chi connectivity index (χ4v) is 5.85. The van der Waals surface area contributed by atoms with Crippen LogP contribution in [0.1, 0.15) is 52.9 Å². The van der Waals surface area contributed by atoms with Crippen LogP contribution in [-0.4, -0.2) is 21.8 Å². The van der Waals surface area contributed by atoms with E-state index >= 15 is 0 Å². The Bertz CT molecular complexity index is 175. The largest absolute Gasteiger partial charge is 0.394 e. The smallest absolute Gasteiger partial charge is 0.341 e. The normalized spacial score (nSPS) is 17.4. The van der Waals surface area contributed by atoms with Crippen LogP contribution in [0.4, 0.5) is 0 Å². The van der Waals surface area contributed by atoms with E-state index in [9.17, 15) is 0 Å². The summed E-state index contributed by atoms with van der Waals surface area (Å²) in [6, 6.07) is 3.61. The second-order valence-corrected chi connectivity index (χ2v) is 7.67. The summed E-state index contributed by atoms with van der Waals surface area (Å²) in [6.45, 7) is 7.99. The lowest BCUT2D eigenvalue weighted by Gasteiger charge is -2.36. The molecular weight excluding hydrogens is 216 g/mol. The Morgan fingerprint density at radius 3 is 2.12 bits per heavy atom. The van der Waals surface area contributed by atoms with Crippen LogP contribution in [-0.2, 0) is 8.85 Å². The molecule has 0 bridgehead atoms. The van der Waals surface area contributed by atoms with Gasteiger partial charge in [0.15, 0.2) is 0 Å². The first-order chi connectivity index (χ1) is 7.76. The molecule has 0 heterocycles. The Balaban J connectivity index is 2.51. The first-order valence-electron chi connectivity index (χ1n) is 6.90. The molecule has 0 aromatic heterocycles. The maximum absolute atomic E-state index is 6.04. The van der Waals surface area contributed by atoms with Crippen molar-refractivity contribution in [2.45, 2.75) is 58.9 Å². The monoisotopic (exact) mass is 243 g/mol. The molecule has 1 rings (SSSR count). The van der Waals surface area contributed by atoms with Crippen molar-refractivity contribution in [2.24, 2.45) is 5.92 Å². The highest BCUT2D eigenvalue weighted by Crippen LogP contribution is 2.35. The Hall–Kier alpha value is 0.137. The Morgan fingerprint density at radius 1 is 1.12 bits per heavy atom. The molecule has 1 saturated carbocycles. The van der Waals surface area contributed by atoms with Crippen molar-refractivity contribution in [1.29, 1.82) is 0 Å². The summed E-state index contributed by atoms with van der Waals surface area (Å²) in [5.74, 6) is 0.779. The highest BCUT2D eigenvalue weighted by Gasteiger charge is 2.40. The van der Waals surface area contributed by atoms with Gasteiger partial charge >= 0.3 is 8.56 Å². The molecule has 0 amide bonds. The van der Waals surface area contributed by atoms with Gasteiger partial charge in [-0.1, -0.05) is 39.0 Å². The molecule has 0 saturated heterocycles. The fourth-order valence-electron chi connectivity index (χ4n) is 2.24. The molecule has 95 valence electrons. The number of hydrogen-bond acceptors (Lipinski definition) is 2. The van der Waals surface area contributed by atoms with Crippen LogP contribution < -0.4 is 0 Å². The highest BCUT2D eigenvalue weighted by atomic mass is 28.4. The zero-order valence-electron chi connectivity index (χ0n) is 11.1. The summed E-state index contributed by atoms with van der Waals surface area (Å²) in [4.78, 5) is 0. The van der Waals surface area contributed by atoms with Gasteiger partial charge < -0.3 is 8.85 Å². The van der Waals surface area contributed by atoms with Crippen LogP contribution in [0.5, 0.6) is 0 Å². The summed E-state index contributed by atoms with van der Waals surface area (Å²) in [7, 11) is -1.97. The minimum Gasteiger partial charge on any atom is -0.394 e. The molecule has 0 aliphatic heterocycles. The summed E-state index contributed by atoms with van der Waals surface area (Å²) in [6.07, 6.45) is 6.54. The Morgan fingerprint density at radius 2 is 1.75 bits per heavy atom. The van der Waals surface area contributed by atoms with Gasteiger partial charge in [0.1, 0.15) is 0 Å². The van der Waals surface area contributed by atoms with E-state index in [2.05, 4.69) is 26.8 Å². The number of unbranched alkanes of at least 4 members (excludes halogenated alkanes) is 1. The second-order valence-electron chi connectivity index (χ2n) is 4.64. The molecule has 0 spiro atoms. The minimum atomic E-state index is -1.97. The first kappa shape index (κ1) is 14.2.